The maximum Gasteiger partial charge on any atom is 0.0960 e. The number of rotatable bonds is 3. The van der Waals surface area contributed by atoms with E-state index in [-0.39, 0.29) is 0 Å². The van der Waals surface area contributed by atoms with Crippen molar-refractivity contribution in [2.45, 2.75) is 51.2 Å². The zero-order valence-corrected chi connectivity index (χ0v) is 9.32. The SMILES string of the molecule is CC[C@@H]1S[C@H](CC(C)C)N=C1C. The van der Waals surface area contributed by atoms with Gasteiger partial charge in [0.15, 0.2) is 0 Å². The van der Waals surface area contributed by atoms with Crippen LogP contribution in [0.4, 0.5) is 0 Å². The van der Waals surface area contributed by atoms with Crippen LogP contribution in [-0.4, -0.2) is 16.3 Å². The van der Waals surface area contributed by atoms with Crippen LogP contribution in [0.15, 0.2) is 4.99 Å². The van der Waals surface area contributed by atoms with Crippen LogP contribution in [-0.2, 0) is 0 Å². The van der Waals surface area contributed by atoms with E-state index < -0.39 is 0 Å². The molecule has 0 N–H and O–H groups in total. The van der Waals surface area contributed by atoms with Crippen LogP contribution in [0.25, 0.3) is 0 Å². The Hall–Kier alpha value is 0.0200. The van der Waals surface area contributed by atoms with Crippen molar-refractivity contribution >= 4 is 17.5 Å². The van der Waals surface area contributed by atoms with E-state index in [1.165, 1.54) is 18.6 Å². The minimum absolute atomic E-state index is 0.551. The number of thioether (sulfide) groups is 1. The van der Waals surface area contributed by atoms with Crippen LogP contribution < -0.4 is 0 Å². The average Bonchev–Trinajstić information content (AvgIpc) is 2.29. The number of hydrogen-bond donors (Lipinski definition) is 0. The van der Waals surface area contributed by atoms with Gasteiger partial charge in [0.1, 0.15) is 0 Å². The lowest BCUT2D eigenvalue weighted by Crippen LogP contribution is -2.07. The first-order valence-electron chi connectivity index (χ1n) is 4.83. The van der Waals surface area contributed by atoms with E-state index in [1.807, 2.05) is 11.8 Å². The van der Waals surface area contributed by atoms with E-state index in [0.29, 0.717) is 10.6 Å². The maximum atomic E-state index is 4.66. The van der Waals surface area contributed by atoms with Crippen molar-refractivity contribution in [2.75, 3.05) is 0 Å². The molecule has 0 amide bonds. The largest absolute Gasteiger partial charge is 0.279 e. The van der Waals surface area contributed by atoms with Gasteiger partial charge in [-0.1, -0.05) is 20.8 Å². The molecule has 12 heavy (non-hydrogen) atoms. The summed E-state index contributed by atoms with van der Waals surface area (Å²) in [5.74, 6) is 0.773. The summed E-state index contributed by atoms with van der Waals surface area (Å²) in [6.45, 7) is 8.95. The standard InChI is InChI=1S/C10H19NS/c1-5-9-8(4)11-10(12-9)6-7(2)3/h7,9-10H,5-6H2,1-4H3/t9-,10+/m0/s1. The lowest BCUT2D eigenvalue weighted by atomic mass is 10.1. The summed E-state index contributed by atoms with van der Waals surface area (Å²) in [6.07, 6.45) is 2.47. The summed E-state index contributed by atoms with van der Waals surface area (Å²) < 4.78 is 0. The maximum absolute atomic E-state index is 4.66. The van der Waals surface area contributed by atoms with Gasteiger partial charge in [-0.2, -0.15) is 0 Å². The van der Waals surface area contributed by atoms with Crippen molar-refractivity contribution in [3.63, 3.8) is 0 Å². The van der Waals surface area contributed by atoms with Gasteiger partial charge in [-0.3, -0.25) is 4.99 Å². The van der Waals surface area contributed by atoms with E-state index in [0.717, 1.165) is 5.92 Å². The predicted octanol–water partition coefficient (Wildman–Crippen LogP) is 3.34. The van der Waals surface area contributed by atoms with Crippen LogP contribution >= 0.6 is 11.8 Å². The molecule has 1 rings (SSSR count). The Bertz CT molecular complexity index is 175. The third-order valence-electron chi connectivity index (χ3n) is 2.18. The van der Waals surface area contributed by atoms with Crippen molar-refractivity contribution < 1.29 is 0 Å². The Balaban J connectivity index is 2.43. The minimum atomic E-state index is 0.551. The third-order valence-corrected chi connectivity index (χ3v) is 3.79. The molecule has 0 saturated carbocycles. The van der Waals surface area contributed by atoms with Crippen LogP contribution in [0.5, 0.6) is 0 Å². The van der Waals surface area contributed by atoms with Gasteiger partial charge in [0, 0.05) is 11.0 Å². The molecule has 0 unspecified atom stereocenters. The van der Waals surface area contributed by atoms with Crippen LogP contribution in [0.3, 0.4) is 0 Å². The van der Waals surface area contributed by atoms with Gasteiger partial charge in [0.05, 0.1) is 5.37 Å². The molecule has 0 aromatic carbocycles. The van der Waals surface area contributed by atoms with Gasteiger partial charge in [0.25, 0.3) is 0 Å². The fraction of sp³-hybridized carbons (Fsp3) is 0.900. The highest BCUT2D eigenvalue weighted by Gasteiger charge is 2.24. The molecule has 0 bridgehead atoms. The van der Waals surface area contributed by atoms with Crippen molar-refractivity contribution in [2.24, 2.45) is 10.9 Å². The zero-order valence-electron chi connectivity index (χ0n) is 8.50. The lowest BCUT2D eigenvalue weighted by Gasteiger charge is -2.10. The first kappa shape index (κ1) is 10.1. The number of hydrogen-bond acceptors (Lipinski definition) is 2. The Labute approximate surface area is 80.0 Å². The summed E-state index contributed by atoms with van der Waals surface area (Å²) in [5, 5.41) is 1.25. The Morgan fingerprint density at radius 3 is 2.58 bits per heavy atom. The Morgan fingerprint density at radius 2 is 2.17 bits per heavy atom. The van der Waals surface area contributed by atoms with E-state index in [9.17, 15) is 0 Å². The molecule has 1 heterocycles. The monoisotopic (exact) mass is 185 g/mol. The fourth-order valence-electron chi connectivity index (χ4n) is 1.53. The summed E-state index contributed by atoms with van der Waals surface area (Å²) in [4.78, 5) is 4.66. The molecule has 2 atom stereocenters. The third kappa shape index (κ3) is 2.51. The molecule has 1 aliphatic heterocycles. The molecule has 2 heteroatoms. The minimum Gasteiger partial charge on any atom is -0.279 e. The predicted molar refractivity (Wildman–Crippen MR) is 58.0 cm³/mol. The highest BCUT2D eigenvalue weighted by Crippen LogP contribution is 2.33. The number of aliphatic imine (C=N–C) groups is 1. The molecule has 0 aromatic rings. The van der Waals surface area contributed by atoms with Crippen LogP contribution in [0.1, 0.15) is 40.5 Å². The molecule has 1 nitrogen and oxygen atoms in total. The summed E-state index contributed by atoms with van der Waals surface area (Å²) >= 11 is 2.04. The van der Waals surface area contributed by atoms with Gasteiger partial charge < -0.3 is 0 Å². The molecule has 0 aliphatic carbocycles. The molecule has 0 fully saturated rings. The highest BCUT2D eigenvalue weighted by atomic mass is 32.2. The summed E-state index contributed by atoms with van der Waals surface area (Å²) in [5.41, 5.74) is 1.35. The molecule has 0 saturated heterocycles. The van der Waals surface area contributed by atoms with E-state index >= 15 is 0 Å². The average molecular weight is 185 g/mol. The van der Waals surface area contributed by atoms with Gasteiger partial charge in [0.2, 0.25) is 0 Å². The molecular formula is C10H19NS. The second-order valence-corrected chi connectivity index (χ2v) is 5.27. The molecule has 1 aliphatic rings. The highest BCUT2D eigenvalue weighted by molar-refractivity contribution is 8.01. The smallest absolute Gasteiger partial charge is 0.0960 e. The van der Waals surface area contributed by atoms with Crippen molar-refractivity contribution in [3.05, 3.63) is 0 Å². The topological polar surface area (TPSA) is 12.4 Å². The van der Waals surface area contributed by atoms with E-state index in [4.69, 9.17) is 0 Å². The number of nitrogens with zero attached hydrogens (tertiary/aromatic N) is 1. The molecule has 0 radical (unpaired) electrons. The van der Waals surface area contributed by atoms with Gasteiger partial charge in [-0.15, -0.1) is 11.8 Å². The fourth-order valence-corrected chi connectivity index (χ4v) is 3.08. The van der Waals surface area contributed by atoms with Gasteiger partial charge in [-0.25, -0.2) is 0 Å². The first-order valence-corrected chi connectivity index (χ1v) is 5.77. The second kappa shape index (κ2) is 4.31. The molecular weight excluding hydrogens is 166 g/mol. The Morgan fingerprint density at radius 1 is 1.50 bits per heavy atom. The van der Waals surface area contributed by atoms with Crippen LogP contribution in [0.2, 0.25) is 0 Å². The van der Waals surface area contributed by atoms with Crippen molar-refractivity contribution in [1.82, 2.24) is 0 Å². The van der Waals surface area contributed by atoms with E-state index in [2.05, 4.69) is 32.7 Å². The van der Waals surface area contributed by atoms with Crippen molar-refractivity contribution in [1.29, 1.82) is 0 Å². The zero-order chi connectivity index (χ0) is 9.14. The first-order chi connectivity index (χ1) is 5.63. The quantitative estimate of drug-likeness (QED) is 0.657. The van der Waals surface area contributed by atoms with Gasteiger partial charge in [-0.05, 0) is 25.7 Å². The van der Waals surface area contributed by atoms with E-state index in [1.54, 1.807) is 0 Å². The molecule has 70 valence electrons. The molecule has 0 spiro atoms. The summed E-state index contributed by atoms with van der Waals surface area (Å²) in [7, 11) is 0. The van der Waals surface area contributed by atoms with Gasteiger partial charge >= 0.3 is 0 Å². The summed E-state index contributed by atoms with van der Waals surface area (Å²) in [6, 6.07) is 0. The van der Waals surface area contributed by atoms with Crippen molar-refractivity contribution in [3.8, 4) is 0 Å². The second-order valence-electron chi connectivity index (χ2n) is 3.89. The normalized spacial score (nSPS) is 29.6. The molecule has 0 aromatic heterocycles. The lowest BCUT2D eigenvalue weighted by molar-refractivity contribution is 0.579. The van der Waals surface area contributed by atoms with Crippen LogP contribution in [0, 0.1) is 5.92 Å². The Kier molecular flexibility index (Phi) is 3.63.